The zero-order chi connectivity index (χ0) is 12.2. The second-order valence-electron chi connectivity index (χ2n) is 5.15. The van der Waals surface area contributed by atoms with E-state index in [2.05, 4.69) is 50.1 Å². The van der Waals surface area contributed by atoms with Crippen molar-refractivity contribution in [3.05, 3.63) is 11.8 Å². The van der Waals surface area contributed by atoms with E-state index in [1.807, 2.05) is 0 Å². The molecule has 0 radical (unpaired) electrons. The van der Waals surface area contributed by atoms with E-state index in [9.17, 15) is 0 Å². The summed E-state index contributed by atoms with van der Waals surface area (Å²) in [5.74, 6) is 1.85. The average molecular weight is 225 g/mol. The van der Waals surface area contributed by atoms with Crippen molar-refractivity contribution in [3.63, 3.8) is 0 Å². The van der Waals surface area contributed by atoms with Gasteiger partial charge in [-0.1, -0.05) is 13.8 Å². The summed E-state index contributed by atoms with van der Waals surface area (Å²) in [4.78, 5) is 0. The van der Waals surface area contributed by atoms with E-state index in [1.54, 1.807) is 0 Å². The number of aromatic nitrogens is 2. The van der Waals surface area contributed by atoms with Crippen LogP contribution < -0.4 is 5.32 Å². The van der Waals surface area contributed by atoms with Gasteiger partial charge in [-0.3, -0.25) is 0 Å². The first kappa shape index (κ1) is 13.2. The molecule has 4 heteroatoms. The first-order chi connectivity index (χ1) is 7.46. The molecule has 0 saturated carbocycles. The smallest absolute Gasteiger partial charge is 0.230 e. The van der Waals surface area contributed by atoms with Crippen LogP contribution in [0, 0.1) is 0 Å². The Morgan fingerprint density at radius 2 is 1.81 bits per heavy atom. The Morgan fingerprint density at radius 1 is 1.19 bits per heavy atom. The first-order valence-corrected chi connectivity index (χ1v) is 6.03. The molecule has 92 valence electrons. The van der Waals surface area contributed by atoms with Crippen molar-refractivity contribution in [2.45, 2.75) is 65.5 Å². The minimum atomic E-state index is 0.0730. The third-order valence-electron chi connectivity index (χ3n) is 2.59. The molecule has 0 aromatic carbocycles. The summed E-state index contributed by atoms with van der Waals surface area (Å²) in [6, 6.07) is 0. The van der Waals surface area contributed by atoms with Gasteiger partial charge in [-0.2, -0.15) is 0 Å². The first-order valence-electron chi connectivity index (χ1n) is 6.03. The largest absolute Gasteiger partial charge is 0.424 e. The van der Waals surface area contributed by atoms with Crippen molar-refractivity contribution in [2.75, 3.05) is 0 Å². The Bertz CT molecular complexity index is 310. The molecule has 0 aliphatic carbocycles. The molecule has 0 bridgehead atoms. The Balaban J connectivity index is 2.58. The molecule has 1 heterocycles. The predicted molar refractivity (Wildman–Crippen MR) is 64.2 cm³/mol. The molecule has 4 nitrogen and oxygen atoms in total. The van der Waals surface area contributed by atoms with Gasteiger partial charge in [0, 0.05) is 11.5 Å². The number of hydrogen-bond donors (Lipinski definition) is 1. The Labute approximate surface area is 97.8 Å². The van der Waals surface area contributed by atoms with Gasteiger partial charge in [-0.25, -0.2) is 0 Å². The van der Waals surface area contributed by atoms with Crippen molar-refractivity contribution in [2.24, 2.45) is 0 Å². The highest BCUT2D eigenvalue weighted by molar-refractivity contribution is 4.90. The highest BCUT2D eigenvalue weighted by Gasteiger charge is 2.16. The van der Waals surface area contributed by atoms with E-state index in [-0.39, 0.29) is 5.54 Å². The molecule has 16 heavy (non-hydrogen) atoms. The fraction of sp³-hybridized carbons (Fsp3) is 0.833. The third-order valence-corrected chi connectivity index (χ3v) is 2.59. The number of hydrogen-bond acceptors (Lipinski definition) is 4. The van der Waals surface area contributed by atoms with Gasteiger partial charge in [0.15, 0.2) is 0 Å². The van der Waals surface area contributed by atoms with Gasteiger partial charge >= 0.3 is 0 Å². The zero-order valence-corrected chi connectivity index (χ0v) is 11.0. The van der Waals surface area contributed by atoms with Crippen LogP contribution in [0.15, 0.2) is 4.42 Å². The maximum absolute atomic E-state index is 5.64. The summed E-state index contributed by atoms with van der Waals surface area (Å²) in [6.07, 6.45) is 2.09. The molecule has 1 N–H and O–H groups in total. The lowest BCUT2D eigenvalue weighted by molar-refractivity contribution is 0.357. The number of rotatable bonds is 5. The maximum Gasteiger partial charge on any atom is 0.230 e. The lowest BCUT2D eigenvalue weighted by Gasteiger charge is -2.18. The van der Waals surface area contributed by atoms with E-state index in [1.165, 1.54) is 0 Å². The standard InChI is InChI=1S/C12H23N3O/c1-6-9(7-2)11-15-14-10(16-11)8-13-12(3,4)5/h9,13H,6-8H2,1-5H3. The molecule has 0 amide bonds. The van der Waals surface area contributed by atoms with Gasteiger partial charge < -0.3 is 9.73 Å². The SMILES string of the molecule is CCC(CC)c1nnc(CNC(C)(C)C)o1. The molecular formula is C12H23N3O. The zero-order valence-electron chi connectivity index (χ0n) is 11.0. The summed E-state index contributed by atoms with van der Waals surface area (Å²) in [7, 11) is 0. The minimum Gasteiger partial charge on any atom is -0.424 e. The topological polar surface area (TPSA) is 51.0 Å². The fourth-order valence-electron chi connectivity index (χ4n) is 1.48. The second-order valence-corrected chi connectivity index (χ2v) is 5.15. The summed E-state index contributed by atoms with van der Waals surface area (Å²) in [6.45, 7) is 11.3. The van der Waals surface area contributed by atoms with Crippen molar-refractivity contribution in [3.8, 4) is 0 Å². The fourth-order valence-corrected chi connectivity index (χ4v) is 1.48. The van der Waals surface area contributed by atoms with Crippen molar-refractivity contribution in [1.29, 1.82) is 0 Å². The molecule has 0 fully saturated rings. The highest BCUT2D eigenvalue weighted by atomic mass is 16.4. The molecule has 1 aromatic rings. The molecule has 1 rings (SSSR count). The number of nitrogens with zero attached hydrogens (tertiary/aromatic N) is 2. The molecule has 1 aromatic heterocycles. The molecule has 0 aliphatic rings. The quantitative estimate of drug-likeness (QED) is 0.837. The van der Waals surface area contributed by atoms with Gasteiger partial charge in [0.2, 0.25) is 11.8 Å². The molecule has 0 unspecified atom stereocenters. The van der Waals surface area contributed by atoms with Crippen LogP contribution in [0.25, 0.3) is 0 Å². The normalized spacial score (nSPS) is 12.4. The summed E-state index contributed by atoms with van der Waals surface area (Å²) < 4.78 is 5.64. The molecule has 0 atom stereocenters. The average Bonchev–Trinajstić information content (AvgIpc) is 2.65. The van der Waals surface area contributed by atoms with Gasteiger partial charge in [0.25, 0.3) is 0 Å². The van der Waals surface area contributed by atoms with Crippen LogP contribution in [0.5, 0.6) is 0 Å². The van der Waals surface area contributed by atoms with Crippen molar-refractivity contribution in [1.82, 2.24) is 15.5 Å². The van der Waals surface area contributed by atoms with E-state index >= 15 is 0 Å². The Hall–Kier alpha value is -0.900. The monoisotopic (exact) mass is 225 g/mol. The van der Waals surface area contributed by atoms with E-state index in [4.69, 9.17) is 4.42 Å². The molecular weight excluding hydrogens is 202 g/mol. The van der Waals surface area contributed by atoms with Gasteiger partial charge in [-0.15, -0.1) is 10.2 Å². The summed E-state index contributed by atoms with van der Waals surface area (Å²) in [5, 5.41) is 11.5. The minimum absolute atomic E-state index is 0.0730. The summed E-state index contributed by atoms with van der Waals surface area (Å²) >= 11 is 0. The van der Waals surface area contributed by atoms with Gasteiger partial charge in [0.05, 0.1) is 6.54 Å². The van der Waals surface area contributed by atoms with E-state index < -0.39 is 0 Å². The van der Waals surface area contributed by atoms with Crippen LogP contribution in [0.4, 0.5) is 0 Å². The third kappa shape index (κ3) is 3.93. The van der Waals surface area contributed by atoms with Gasteiger partial charge in [0.1, 0.15) is 0 Å². The Kier molecular flexibility index (Phi) is 4.47. The highest BCUT2D eigenvalue weighted by Crippen LogP contribution is 2.21. The second kappa shape index (κ2) is 5.43. The molecule has 0 spiro atoms. The lowest BCUT2D eigenvalue weighted by Crippen LogP contribution is -2.35. The van der Waals surface area contributed by atoms with Crippen LogP contribution in [-0.2, 0) is 6.54 Å². The maximum atomic E-state index is 5.64. The molecule has 0 saturated heterocycles. The number of nitrogens with one attached hydrogen (secondary N) is 1. The van der Waals surface area contributed by atoms with E-state index in [0.29, 0.717) is 18.4 Å². The van der Waals surface area contributed by atoms with E-state index in [0.717, 1.165) is 18.7 Å². The summed E-state index contributed by atoms with van der Waals surface area (Å²) in [5.41, 5.74) is 0.0730. The van der Waals surface area contributed by atoms with Crippen LogP contribution >= 0.6 is 0 Å². The van der Waals surface area contributed by atoms with Crippen LogP contribution in [0.2, 0.25) is 0 Å². The van der Waals surface area contributed by atoms with Crippen LogP contribution in [0.1, 0.15) is 65.2 Å². The van der Waals surface area contributed by atoms with Gasteiger partial charge in [-0.05, 0) is 33.6 Å². The lowest BCUT2D eigenvalue weighted by atomic mass is 10.0. The molecule has 0 aliphatic heterocycles. The Morgan fingerprint density at radius 3 is 2.31 bits per heavy atom. The predicted octanol–water partition coefficient (Wildman–Crippen LogP) is 2.86. The van der Waals surface area contributed by atoms with Crippen LogP contribution in [-0.4, -0.2) is 15.7 Å². The van der Waals surface area contributed by atoms with Crippen molar-refractivity contribution < 1.29 is 4.42 Å². The van der Waals surface area contributed by atoms with Crippen molar-refractivity contribution >= 4 is 0 Å². The van der Waals surface area contributed by atoms with Crippen LogP contribution in [0.3, 0.4) is 0 Å².